The number of ether oxygens (including phenoxy) is 2. The van der Waals surface area contributed by atoms with E-state index >= 15 is 0 Å². The minimum Gasteiger partial charge on any atom is -0.381 e. The summed E-state index contributed by atoms with van der Waals surface area (Å²) in [6, 6.07) is 0.245. The summed E-state index contributed by atoms with van der Waals surface area (Å²) in [6.45, 7) is 4.77. The normalized spacial score (nSPS) is 23.2. The van der Waals surface area contributed by atoms with Gasteiger partial charge in [0.25, 0.3) is 0 Å². The highest BCUT2D eigenvalue weighted by atomic mass is 16.5. The van der Waals surface area contributed by atoms with Gasteiger partial charge in [0.1, 0.15) is 0 Å². The molecule has 3 nitrogen and oxygen atoms in total. The molecule has 2 atom stereocenters. The zero-order valence-electron chi connectivity index (χ0n) is 9.91. The van der Waals surface area contributed by atoms with Crippen LogP contribution in [0.25, 0.3) is 0 Å². The molecule has 1 saturated heterocycles. The van der Waals surface area contributed by atoms with Gasteiger partial charge >= 0.3 is 0 Å². The van der Waals surface area contributed by atoms with Gasteiger partial charge in [-0.15, -0.1) is 0 Å². The molecule has 2 N–H and O–H groups in total. The quantitative estimate of drug-likeness (QED) is 0.631. The van der Waals surface area contributed by atoms with Crippen LogP contribution < -0.4 is 5.73 Å². The van der Waals surface area contributed by atoms with E-state index in [0.717, 1.165) is 39.1 Å². The lowest BCUT2D eigenvalue weighted by Crippen LogP contribution is -2.27. The molecule has 0 amide bonds. The van der Waals surface area contributed by atoms with E-state index in [-0.39, 0.29) is 6.04 Å². The monoisotopic (exact) mass is 215 g/mol. The average Bonchev–Trinajstić information content (AvgIpc) is 2.70. The lowest BCUT2D eigenvalue weighted by atomic mass is 10.1. The van der Waals surface area contributed by atoms with Crippen LogP contribution in [-0.2, 0) is 9.47 Å². The van der Waals surface area contributed by atoms with E-state index in [1.165, 1.54) is 19.3 Å². The maximum absolute atomic E-state index is 6.01. The van der Waals surface area contributed by atoms with Crippen LogP contribution in [-0.4, -0.2) is 32.0 Å². The Morgan fingerprint density at radius 3 is 3.00 bits per heavy atom. The Morgan fingerprint density at radius 2 is 2.33 bits per heavy atom. The molecule has 0 aliphatic carbocycles. The van der Waals surface area contributed by atoms with Gasteiger partial charge in [0.15, 0.2) is 0 Å². The van der Waals surface area contributed by atoms with Crippen molar-refractivity contribution in [3.63, 3.8) is 0 Å². The zero-order valence-corrected chi connectivity index (χ0v) is 9.91. The van der Waals surface area contributed by atoms with E-state index in [1.54, 1.807) is 0 Å². The first kappa shape index (κ1) is 12.9. The second-order valence-corrected chi connectivity index (χ2v) is 4.39. The Morgan fingerprint density at radius 1 is 1.47 bits per heavy atom. The van der Waals surface area contributed by atoms with Gasteiger partial charge in [-0.3, -0.25) is 0 Å². The minimum atomic E-state index is 0.245. The molecule has 0 spiro atoms. The first-order valence-corrected chi connectivity index (χ1v) is 6.28. The molecule has 3 heteroatoms. The summed E-state index contributed by atoms with van der Waals surface area (Å²) in [6.07, 6.45) is 7.11. The molecule has 2 unspecified atom stereocenters. The van der Waals surface area contributed by atoms with E-state index in [1.807, 2.05) is 0 Å². The van der Waals surface area contributed by atoms with Crippen LogP contribution in [0.1, 0.15) is 45.4 Å². The third kappa shape index (κ3) is 6.13. The number of hydrogen-bond donors (Lipinski definition) is 1. The van der Waals surface area contributed by atoms with Crippen molar-refractivity contribution in [1.82, 2.24) is 0 Å². The van der Waals surface area contributed by atoms with Crippen LogP contribution in [0.3, 0.4) is 0 Å². The summed E-state index contributed by atoms with van der Waals surface area (Å²) >= 11 is 0. The molecule has 1 aliphatic rings. The third-order valence-corrected chi connectivity index (χ3v) is 2.86. The second kappa shape index (κ2) is 8.08. The first-order valence-electron chi connectivity index (χ1n) is 6.28. The SMILES string of the molecule is CCCCOCCC(N)CC1CCCO1. The topological polar surface area (TPSA) is 44.5 Å². The molecule has 0 aromatic rings. The van der Waals surface area contributed by atoms with Crippen LogP contribution >= 0.6 is 0 Å². The van der Waals surface area contributed by atoms with Crippen molar-refractivity contribution in [3.8, 4) is 0 Å². The molecule has 90 valence electrons. The molecule has 0 aromatic heterocycles. The number of nitrogens with two attached hydrogens (primary N) is 1. The molecule has 1 fully saturated rings. The molecular weight excluding hydrogens is 190 g/mol. The fraction of sp³-hybridized carbons (Fsp3) is 1.00. The highest BCUT2D eigenvalue weighted by Gasteiger charge is 2.18. The lowest BCUT2D eigenvalue weighted by Gasteiger charge is -2.15. The Kier molecular flexibility index (Phi) is 6.98. The fourth-order valence-electron chi connectivity index (χ4n) is 1.87. The van der Waals surface area contributed by atoms with Crippen molar-refractivity contribution < 1.29 is 9.47 Å². The molecule has 15 heavy (non-hydrogen) atoms. The predicted molar refractivity (Wildman–Crippen MR) is 61.9 cm³/mol. The third-order valence-electron chi connectivity index (χ3n) is 2.86. The van der Waals surface area contributed by atoms with Gasteiger partial charge in [0, 0.05) is 25.9 Å². The largest absolute Gasteiger partial charge is 0.381 e. The van der Waals surface area contributed by atoms with Gasteiger partial charge in [-0.2, -0.15) is 0 Å². The molecule has 0 bridgehead atoms. The molecule has 1 aliphatic heterocycles. The first-order chi connectivity index (χ1) is 7.33. The number of hydrogen-bond acceptors (Lipinski definition) is 3. The van der Waals surface area contributed by atoms with Crippen molar-refractivity contribution >= 4 is 0 Å². The van der Waals surface area contributed by atoms with E-state index in [2.05, 4.69) is 6.92 Å². The Labute approximate surface area is 93.3 Å². The maximum atomic E-state index is 6.01. The zero-order chi connectivity index (χ0) is 10.9. The second-order valence-electron chi connectivity index (χ2n) is 4.39. The van der Waals surface area contributed by atoms with Crippen LogP contribution in [0.15, 0.2) is 0 Å². The predicted octanol–water partition coefficient (Wildman–Crippen LogP) is 2.09. The van der Waals surface area contributed by atoms with Crippen LogP contribution in [0.5, 0.6) is 0 Å². The smallest absolute Gasteiger partial charge is 0.0590 e. The van der Waals surface area contributed by atoms with Crippen molar-refractivity contribution in [2.45, 2.75) is 57.6 Å². The van der Waals surface area contributed by atoms with E-state index in [9.17, 15) is 0 Å². The van der Waals surface area contributed by atoms with Crippen molar-refractivity contribution in [1.29, 1.82) is 0 Å². The fourth-order valence-corrected chi connectivity index (χ4v) is 1.87. The summed E-state index contributed by atoms with van der Waals surface area (Å²) in [5.74, 6) is 0. The van der Waals surface area contributed by atoms with Gasteiger partial charge < -0.3 is 15.2 Å². The summed E-state index contributed by atoms with van der Waals surface area (Å²) in [5, 5.41) is 0. The summed E-state index contributed by atoms with van der Waals surface area (Å²) < 4.78 is 11.0. The van der Waals surface area contributed by atoms with Gasteiger partial charge in [0.05, 0.1) is 6.10 Å². The number of unbranched alkanes of at least 4 members (excludes halogenated alkanes) is 1. The summed E-state index contributed by atoms with van der Waals surface area (Å²) in [7, 11) is 0. The van der Waals surface area contributed by atoms with Gasteiger partial charge in [-0.05, 0) is 32.1 Å². The van der Waals surface area contributed by atoms with Gasteiger partial charge in [0.2, 0.25) is 0 Å². The van der Waals surface area contributed by atoms with Crippen LogP contribution in [0.4, 0.5) is 0 Å². The van der Waals surface area contributed by atoms with Crippen molar-refractivity contribution in [3.05, 3.63) is 0 Å². The van der Waals surface area contributed by atoms with Crippen molar-refractivity contribution in [2.24, 2.45) is 5.73 Å². The molecule has 0 radical (unpaired) electrons. The van der Waals surface area contributed by atoms with Crippen LogP contribution in [0, 0.1) is 0 Å². The average molecular weight is 215 g/mol. The number of rotatable bonds is 8. The van der Waals surface area contributed by atoms with Gasteiger partial charge in [-0.1, -0.05) is 13.3 Å². The van der Waals surface area contributed by atoms with E-state index < -0.39 is 0 Å². The highest BCUT2D eigenvalue weighted by molar-refractivity contribution is 4.72. The van der Waals surface area contributed by atoms with Crippen LogP contribution in [0.2, 0.25) is 0 Å². The minimum absolute atomic E-state index is 0.245. The Balaban J connectivity index is 1.91. The highest BCUT2D eigenvalue weighted by Crippen LogP contribution is 2.17. The molecule has 0 aromatic carbocycles. The van der Waals surface area contributed by atoms with E-state index in [0.29, 0.717) is 6.10 Å². The van der Waals surface area contributed by atoms with Gasteiger partial charge in [-0.25, -0.2) is 0 Å². The summed E-state index contributed by atoms with van der Waals surface area (Å²) in [4.78, 5) is 0. The maximum Gasteiger partial charge on any atom is 0.0590 e. The Bertz CT molecular complexity index is 147. The molecule has 1 heterocycles. The standard InChI is InChI=1S/C12H25NO2/c1-2-3-7-14-9-6-11(13)10-12-5-4-8-15-12/h11-12H,2-10,13H2,1H3. The lowest BCUT2D eigenvalue weighted by molar-refractivity contribution is 0.0871. The van der Waals surface area contributed by atoms with Crippen molar-refractivity contribution in [2.75, 3.05) is 19.8 Å². The molecular formula is C12H25NO2. The molecule has 1 rings (SSSR count). The summed E-state index contributed by atoms with van der Waals surface area (Å²) in [5.41, 5.74) is 6.01. The van der Waals surface area contributed by atoms with E-state index in [4.69, 9.17) is 15.2 Å². The Hall–Kier alpha value is -0.120. The molecule has 0 saturated carbocycles.